The lowest BCUT2D eigenvalue weighted by atomic mass is 10.2. The van der Waals surface area contributed by atoms with Crippen LogP contribution in [0, 0.1) is 0 Å². The summed E-state index contributed by atoms with van der Waals surface area (Å²) < 4.78 is 5.34. The van der Waals surface area contributed by atoms with Crippen molar-refractivity contribution in [3.05, 3.63) is 48.6 Å². The molecule has 0 aromatic heterocycles. The minimum absolute atomic E-state index is 0.362. The minimum atomic E-state index is -0.434. The second-order valence-corrected chi connectivity index (χ2v) is 3.18. The molecule has 2 nitrogen and oxygen atoms in total. The number of benzene rings is 1. The van der Waals surface area contributed by atoms with Crippen LogP contribution in [0.5, 0.6) is 0 Å². The first-order valence-corrected chi connectivity index (χ1v) is 4.73. The average Bonchev–Trinajstić information content (AvgIpc) is 2.20. The lowest BCUT2D eigenvalue weighted by Gasteiger charge is -2.08. The Labute approximate surface area is 84.8 Å². The van der Waals surface area contributed by atoms with Crippen LogP contribution in [0.1, 0.15) is 12.0 Å². The maximum Gasteiger partial charge on any atom is 0.0808 e. The molecule has 1 aromatic rings. The Bertz CT molecular complexity index is 256. The largest absolute Gasteiger partial charge is 0.390 e. The second-order valence-electron chi connectivity index (χ2n) is 3.18. The monoisotopic (exact) mass is 192 g/mol. The highest BCUT2D eigenvalue weighted by Gasteiger charge is 2.00. The van der Waals surface area contributed by atoms with E-state index in [1.165, 1.54) is 0 Å². The van der Waals surface area contributed by atoms with Crippen LogP contribution in [0.3, 0.4) is 0 Å². The number of ether oxygens (including phenoxy) is 1. The average molecular weight is 192 g/mol. The molecule has 0 saturated carbocycles. The Hall–Kier alpha value is -1.12. The topological polar surface area (TPSA) is 29.5 Å². The predicted octanol–water partition coefficient (Wildman–Crippen LogP) is 2.14. The van der Waals surface area contributed by atoms with Gasteiger partial charge in [0.2, 0.25) is 0 Å². The number of hydrogen-bond acceptors (Lipinski definition) is 2. The molecule has 1 unspecified atom stereocenters. The van der Waals surface area contributed by atoms with Crippen LogP contribution in [0.25, 0.3) is 0 Å². The van der Waals surface area contributed by atoms with E-state index in [0.717, 1.165) is 5.56 Å². The summed E-state index contributed by atoms with van der Waals surface area (Å²) in [6.45, 7) is 4.46. The van der Waals surface area contributed by atoms with Crippen LogP contribution in [-0.4, -0.2) is 17.8 Å². The van der Waals surface area contributed by atoms with Gasteiger partial charge < -0.3 is 9.84 Å². The van der Waals surface area contributed by atoms with Crippen LogP contribution < -0.4 is 0 Å². The molecule has 0 spiro atoms. The molecule has 0 aliphatic rings. The summed E-state index contributed by atoms with van der Waals surface area (Å²) in [5, 5.41) is 9.33. The van der Waals surface area contributed by atoms with Crippen molar-refractivity contribution in [3.8, 4) is 0 Å². The van der Waals surface area contributed by atoms with Gasteiger partial charge in [0.15, 0.2) is 0 Å². The summed E-state index contributed by atoms with van der Waals surface area (Å²) in [6, 6.07) is 9.91. The fourth-order valence-electron chi connectivity index (χ4n) is 1.15. The van der Waals surface area contributed by atoms with Crippen LogP contribution in [0.2, 0.25) is 0 Å². The number of aliphatic hydroxyl groups is 1. The molecule has 1 rings (SSSR count). The highest BCUT2D eigenvalue weighted by molar-refractivity contribution is 5.13. The maximum absolute atomic E-state index is 9.33. The highest BCUT2D eigenvalue weighted by atomic mass is 16.5. The normalized spacial score (nSPS) is 12.4. The standard InChI is InChI=1S/C12H16O2/c1-2-6-12(13)10-14-9-11-7-4-3-5-8-11/h2-5,7-8,12-13H,1,6,9-10H2. The molecule has 14 heavy (non-hydrogen) atoms. The van der Waals surface area contributed by atoms with Crippen LogP contribution in [0.15, 0.2) is 43.0 Å². The highest BCUT2D eigenvalue weighted by Crippen LogP contribution is 2.01. The first-order chi connectivity index (χ1) is 6.83. The van der Waals surface area contributed by atoms with Gasteiger partial charge in [0.05, 0.1) is 19.3 Å². The van der Waals surface area contributed by atoms with Crippen molar-refractivity contribution in [2.75, 3.05) is 6.61 Å². The lowest BCUT2D eigenvalue weighted by molar-refractivity contribution is 0.0301. The van der Waals surface area contributed by atoms with E-state index in [-0.39, 0.29) is 0 Å². The van der Waals surface area contributed by atoms with E-state index in [1.54, 1.807) is 6.08 Å². The first-order valence-electron chi connectivity index (χ1n) is 4.73. The fraction of sp³-hybridized carbons (Fsp3) is 0.333. The van der Waals surface area contributed by atoms with Gasteiger partial charge in [0.25, 0.3) is 0 Å². The van der Waals surface area contributed by atoms with Gasteiger partial charge in [-0.2, -0.15) is 0 Å². The van der Waals surface area contributed by atoms with E-state index in [0.29, 0.717) is 19.6 Å². The van der Waals surface area contributed by atoms with Crippen molar-refractivity contribution in [2.45, 2.75) is 19.1 Å². The number of hydrogen-bond donors (Lipinski definition) is 1. The number of aliphatic hydroxyl groups excluding tert-OH is 1. The van der Waals surface area contributed by atoms with Crippen molar-refractivity contribution in [2.24, 2.45) is 0 Å². The van der Waals surface area contributed by atoms with Gasteiger partial charge in [-0.3, -0.25) is 0 Å². The molecule has 0 heterocycles. The molecule has 0 amide bonds. The molecule has 0 radical (unpaired) electrons. The summed E-state index contributed by atoms with van der Waals surface area (Å²) in [5.74, 6) is 0. The van der Waals surface area contributed by atoms with Gasteiger partial charge in [-0.1, -0.05) is 36.4 Å². The maximum atomic E-state index is 9.33. The van der Waals surface area contributed by atoms with Crippen LogP contribution in [0.4, 0.5) is 0 Å². The summed E-state index contributed by atoms with van der Waals surface area (Å²) in [4.78, 5) is 0. The van der Waals surface area contributed by atoms with E-state index >= 15 is 0 Å². The van der Waals surface area contributed by atoms with Crippen LogP contribution >= 0.6 is 0 Å². The first kappa shape index (κ1) is 11.0. The molecule has 2 heteroatoms. The molecule has 0 saturated heterocycles. The zero-order valence-electron chi connectivity index (χ0n) is 8.23. The third-order valence-corrected chi connectivity index (χ3v) is 1.86. The third-order valence-electron chi connectivity index (χ3n) is 1.86. The summed E-state index contributed by atoms with van der Waals surface area (Å²) >= 11 is 0. The van der Waals surface area contributed by atoms with Gasteiger partial charge in [-0.15, -0.1) is 6.58 Å². The molecule has 0 aliphatic carbocycles. The minimum Gasteiger partial charge on any atom is -0.390 e. The molecule has 0 fully saturated rings. The Morgan fingerprint density at radius 2 is 2.07 bits per heavy atom. The molecule has 76 valence electrons. The zero-order valence-corrected chi connectivity index (χ0v) is 8.23. The smallest absolute Gasteiger partial charge is 0.0808 e. The van der Waals surface area contributed by atoms with E-state index < -0.39 is 6.10 Å². The number of rotatable bonds is 6. The van der Waals surface area contributed by atoms with Gasteiger partial charge in [0, 0.05) is 0 Å². The van der Waals surface area contributed by atoms with Gasteiger partial charge in [-0.25, -0.2) is 0 Å². The predicted molar refractivity (Wildman–Crippen MR) is 56.9 cm³/mol. The molecule has 1 aromatic carbocycles. The van der Waals surface area contributed by atoms with Crippen molar-refractivity contribution >= 4 is 0 Å². The lowest BCUT2D eigenvalue weighted by Crippen LogP contribution is -2.13. The fourth-order valence-corrected chi connectivity index (χ4v) is 1.15. The Morgan fingerprint density at radius 1 is 1.36 bits per heavy atom. The van der Waals surface area contributed by atoms with Crippen molar-refractivity contribution < 1.29 is 9.84 Å². The third kappa shape index (κ3) is 4.21. The van der Waals surface area contributed by atoms with E-state index in [4.69, 9.17) is 4.74 Å². The van der Waals surface area contributed by atoms with Gasteiger partial charge in [0.1, 0.15) is 0 Å². The Morgan fingerprint density at radius 3 is 2.71 bits per heavy atom. The zero-order chi connectivity index (χ0) is 10.2. The summed E-state index contributed by atoms with van der Waals surface area (Å²) in [7, 11) is 0. The van der Waals surface area contributed by atoms with Crippen molar-refractivity contribution in [1.29, 1.82) is 0 Å². The van der Waals surface area contributed by atoms with Crippen molar-refractivity contribution in [3.63, 3.8) is 0 Å². The molecular formula is C12H16O2. The summed E-state index contributed by atoms with van der Waals surface area (Å²) in [5.41, 5.74) is 1.12. The van der Waals surface area contributed by atoms with E-state index in [2.05, 4.69) is 6.58 Å². The van der Waals surface area contributed by atoms with Crippen molar-refractivity contribution in [1.82, 2.24) is 0 Å². The van der Waals surface area contributed by atoms with Gasteiger partial charge >= 0.3 is 0 Å². The quantitative estimate of drug-likeness (QED) is 0.700. The molecule has 0 aliphatic heterocycles. The summed E-state index contributed by atoms with van der Waals surface area (Å²) in [6.07, 6.45) is 1.84. The van der Waals surface area contributed by atoms with E-state index in [9.17, 15) is 5.11 Å². The molecule has 1 atom stereocenters. The Balaban J connectivity index is 2.18. The van der Waals surface area contributed by atoms with Gasteiger partial charge in [-0.05, 0) is 12.0 Å². The van der Waals surface area contributed by atoms with Crippen LogP contribution in [-0.2, 0) is 11.3 Å². The second kappa shape index (κ2) is 6.35. The molecule has 1 N–H and O–H groups in total. The Kier molecular flexibility index (Phi) is 4.97. The SMILES string of the molecule is C=CCC(O)COCc1ccccc1. The molecule has 0 bridgehead atoms. The molecular weight excluding hydrogens is 176 g/mol. The van der Waals surface area contributed by atoms with E-state index in [1.807, 2.05) is 30.3 Å².